The Labute approximate surface area is 207 Å². The van der Waals surface area contributed by atoms with Gasteiger partial charge in [-0.1, -0.05) is 12.1 Å². The standard InChI is InChI=1S/C27H24N6O3/c1-3-35-23-10-8-20(17-24(23)36-4-2)27(34)29-21-7-5-6-19(16-21)22-9-11-25-30-31-26(33(25)32-22)18-12-14-28-15-13-18/h5-17H,3-4H2,1-2H3,(H,29,34). The van der Waals surface area contributed by atoms with E-state index in [1.807, 2.05) is 62.4 Å². The minimum atomic E-state index is -0.252. The highest BCUT2D eigenvalue weighted by Crippen LogP contribution is 2.29. The quantitative estimate of drug-likeness (QED) is 0.337. The van der Waals surface area contributed by atoms with Crippen molar-refractivity contribution in [3.8, 4) is 34.1 Å². The van der Waals surface area contributed by atoms with Gasteiger partial charge >= 0.3 is 0 Å². The van der Waals surface area contributed by atoms with Crippen molar-refractivity contribution < 1.29 is 14.3 Å². The third-order valence-electron chi connectivity index (χ3n) is 5.42. The van der Waals surface area contributed by atoms with Crippen LogP contribution in [0.4, 0.5) is 5.69 Å². The molecule has 0 bridgehead atoms. The number of carbonyl (C=O) groups excluding carboxylic acids is 1. The lowest BCUT2D eigenvalue weighted by atomic mass is 10.1. The molecule has 0 aliphatic carbocycles. The molecule has 0 spiro atoms. The summed E-state index contributed by atoms with van der Waals surface area (Å²) in [5.41, 5.74) is 4.17. The molecule has 5 aromatic rings. The Hall–Kier alpha value is -4.79. The maximum atomic E-state index is 13.0. The summed E-state index contributed by atoms with van der Waals surface area (Å²) in [6, 6.07) is 20.1. The van der Waals surface area contributed by atoms with Gasteiger partial charge in [-0.2, -0.15) is 9.61 Å². The van der Waals surface area contributed by atoms with Crippen molar-refractivity contribution in [1.82, 2.24) is 24.8 Å². The molecule has 180 valence electrons. The van der Waals surface area contributed by atoms with E-state index in [4.69, 9.17) is 14.6 Å². The SMILES string of the molecule is CCOc1ccc(C(=O)Nc2cccc(-c3ccc4nnc(-c5ccncc5)n4n3)c2)cc1OCC. The number of nitrogens with one attached hydrogen (secondary N) is 1. The molecule has 3 heterocycles. The number of pyridine rings is 1. The molecule has 5 rings (SSSR count). The molecule has 0 atom stereocenters. The molecule has 36 heavy (non-hydrogen) atoms. The van der Waals surface area contributed by atoms with Gasteiger partial charge in [-0.05, 0) is 68.4 Å². The van der Waals surface area contributed by atoms with Crippen molar-refractivity contribution in [2.24, 2.45) is 0 Å². The molecule has 0 saturated carbocycles. The monoisotopic (exact) mass is 480 g/mol. The van der Waals surface area contributed by atoms with Crippen LogP contribution in [-0.4, -0.2) is 43.9 Å². The lowest BCUT2D eigenvalue weighted by Crippen LogP contribution is -2.12. The van der Waals surface area contributed by atoms with Crippen LogP contribution in [0.2, 0.25) is 0 Å². The Morgan fingerprint density at radius 1 is 0.861 bits per heavy atom. The van der Waals surface area contributed by atoms with E-state index in [-0.39, 0.29) is 5.91 Å². The molecule has 0 saturated heterocycles. The predicted molar refractivity (Wildman–Crippen MR) is 136 cm³/mol. The number of amides is 1. The number of carbonyl (C=O) groups is 1. The largest absolute Gasteiger partial charge is 0.490 e. The van der Waals surface area contributed by atoms with Crippen LogP contribution >= 0.6 is 0 Å². The van der Waals surface area contributed by atoms with Gasteiger partial charge in [-0.15, -0.1) is 10.2 Å². The normalized spacial score (nSPS) is 10.8. The Morgan fingerprint density at radius 2 is 1.67 bits per heavy atom. The summed E-state index contributed by atoms with van der Waals surface area (Å²) in [7, 11) is 0. The van der Waals surface area contributed by atoms with Gasteiger partial charge in [0, 0.05) is 34.8 Å². The molecular formula is C27H24N6O3. The number of ether oxygens (including phenoxy) is 2. The molecule has 0 radical (unpaired) electrons. The summed E-state index contributed by atoms with van der Waals surface area (Å²) in [6.07, 6.45) is 3.40. The van der Waals surface area contributed by atoms with Crippen molar-refractivity contribution in [1.29, 1.82) is 0 Å². The highest BCUT2D eigenvalue weighted by molar-refractivity contribution is 6.05. The number of anilines is 1. The van der Waals surface area contributed by atoms with Crippen molar-refractivity contribution in [2.45, 2.75) is 13.8 Å². The predicted octanol–water partition coefficient (Wildman–Crippen LogP) is 4.90. The number of hydrogen-bond donors (Lipinski definition) is 1. The Bertz CT molecular complexity index is 1520. The second kappa shape index (κ2) is 10.2. The van der Waals surface area contributed by atoms with E-state index in [1.54, 1.807) is 35.1 Å². The first-order valence-corrected chi connectivity index (χ1v) is 11.6. The molecular weight excluding hydrogens is 456 g/mol. The minimum absolute atomic E-state index is 0.252. The topological polar surface area (TPSA) is 104 Å². The van der Waals surface area contributed by atoms with Crippen molar-refractivity contribution >= 4 is 17.2 Å². The molecule has 0 aliphatic heterocycles. The van der Waals surface area contributed by atoms with Crippen molar-refractivity contribution in [2.75, 3.05) is 18.5 Å². The van der Waals surface area contributed by atoms with Crippen LogP contribution < -0.4 is 14.8 Å². The van der Waals surface area contributed by atoms with Crippen LogP contribution in [0.1, 0.15) is 24.2 Å². The molecule has 1 amide bonds. The van der Waals surface area contributed by atoms with E-state index in [2.05, 4.69) is 20.5 Å². The number of hydrogen-bond acceptors (Lipinski definition) is 7. The fourth-order valence-corrected chi connectivity index (χ4v) is 3.78. The van der Waals surface area contributed by atoms with Gasteiger partial charge in [-0.3, -0.25) is 9.78 Å². The second-order valence-electron chi connectivity index (χ2n) is 7.81. The van der Waals surface area contributed by atoms with E-state index in [0.29, 0.717) is 53.1 Å². The van der Waals surface area contributed by atoms with E-state index in [9.17, 15) is 4.79 Å². The van der Waals surface area contributed by atoms with Gasteiger partial charge in [0.05, 0.1) is 18.9 Å². The first kappa shape index (κ1) is 23.0. The van der Waals surface area contributed by atoms with E-state index >= 15 is 0 Å². The second-order valence-corrected chi connectivity index (χ2v) is 7.81. The lowest BCUT2D eigenvalue weighted by molar-refractivity contribution is 0.102. The summed E-state index contributed by atoms with van der Waals surface area (Å²) < 4.78 is 12.9. The van der Waals surface area contributed by atoms with Gasteiger partial charge in [0.1, 0.15) is 0 Å². The highest BCUT2D eigenvalue weighted by atomic mass is 16.5. The summed E-state index contributed by atoms with van der Waals surface area (Å²) in [5.74, 6) is 1.52. The highest BCUT2D eigenvalue weighted by Gasteiger charge is 2.14. The van der Waals surface area contributed by atoms with E-state index in [0.717, 1.165) is 11.1 Å². The third-order valence-corrected chi connectivity index (χ3v) is 5.42. The zero-order valence-corrected chi connectivity index (χ0v) is 19.9. The molecule has 9 nitrogen and oxygen atoms in total. The zero-order chi connectivity index (χ0) is 24.9. The number of aromatic nitrogens is 5. The average Bonchev–Trinajstić information content (AvgIpc) is 3.34. The van der Waals surface area contributed by atoms with Crippen LogP contribution in [-0.2, 0) is 0 Å². The first-order chi connectivity index (χ1) is 17.7. The Balaban J connectivity index is 1.41. The number of fused-ring (bicyclic) bond motifs is 1. The van der Waals surface area contributed by atoms with Crippen LogP contribution in [0, 0.1) is 0 Å². The molecule has 1 N–H and O–H groups in total. The van der Waals surface area contributed by atoms with Gasteiger partial charge in [0.15, 0.2) is 23.0 Å². The number of rotatable bonds is 8. The maximum Gasteiger partial charge on any atom is 0.255 e. The molecule has 0 fully saturated rings. The fourth-order valence-electron chi connectivity index (χ4n) is 3.78. The van der Waals surface area contributed by atoms with Crippen LogP contribution in [0.3, 0.4) is 0 Å². The molecule has 0 aliphatic rings. The van der Waals surface area contributed by atoms with Gasteiger partial charge < -0.3 is 14.8 Å². The third kappa shape index (κ3) is 4.72. The van der Waals surface area contributed by atoms with E-state index in [1.165, 1.54) is 0 Å². The van der Waals surface area contributed by atoms with Gasteiger partial charge in [0.2, 0.25) is 0 Å². The van der Waals surface area contributed by atoms with E-state index < -0.39 is 0 Å². The van der Waals surface area contributed by atoms with Gasteiger partial charge in [-0.25, -0.2) is 0 Å². The molecule has 9 heteroatoms. The van der Waals surface area contributed by atoms with Crippen LogP contribution in [0.5, 0.6) is 11.5 Å². The number of nitrogens with zero attached hydrogens (tertiary/aromatic N) is 5. The smallest absolute Gasteiger partial charge is 0.255 e. The number of benzene rings is 2. The zero-order valence-electron chi connectivity index (χ0n) is 19.9. The molecule has 2 aromatic carbocycles. The fraction of sp³-hybridized carbons (Fsp3) is 0.148. The minimum Gasteiger partial charge on any atom is -0.490 e. The summed E-state index contributed by atoms with van der Waals surface area (Å²) in [4.78, 5) is 17.0. The average molecular weight is 481 g/mol. The summed E-state index contributed by atoms with van der Waals surface area (Å²) in [5, 5.41) is 16.2. The first-order valence-electron chi connectivity index (χ1n) is 11.6. The molecule has 3 aromatic heterocycles. The Kier molecular flexibility index (Phi) is 6.53. The van der Waals surface area contributed by atoms with Crippen LogP contribution in [0.15, 0.2) is 79.1 Å². The summed E-state index contributed by atoms with van der Waals surface area (Å²) >= 11 is 0. The summed E-state index contributed by atoms with van der Waals surface area (Å²) in [6.45, 7) is 4.77. The van der Waals surface area contributed by atoms with Crippen molar-refractivity contribution in [3.05, 3.63) is 84.7 Å². The maximum absolute atomic E-state index is 13.0. The van der Waals surface area contributed by atoms with Gasteiger partial charge in [0.25, 0.3) is 5.91 Å². The Morgan fingerprint density at radius 3 is 2.47 bits per heavy atom. The van der Waals surface area contributed by atoms with Crippen LogP contribution in [0.25, 0.3) is 28.3 Å². The molecule has 0 unspecified atom stereocenters. The lowest BCUT2D eigenvalue weighted by Gasteiger charge is -2.13. The van der Waals surface area contributed by atoms with Crippen molar-refractivity contribution in [3.63, 3.8) is 0 Å².